The standard InChI is InChI=1S/C16H21NO3/c1-17(11-15-5-4-8-20-15)10-13-6-7-16(19-3)14(9-13)12-18-2/h4-9H,10-12H2,1-3H3. The summed E-state index contributed by atoms with van der Waals surface area (Å²) < 4.78 is 15.9. The lowest BCUT2D eigenvalue weighted by molar-refractivity contribution is 0.181. The summed E-state index contributed by atoms with van der Waals surface area (Å²) in [7, 11) is 5.44. The Labute approximate surface area is 119 Å². The third kappa shape index (κ3) is 3.85. The molecule has 0 spiro atoms. The Kier molecular flexibility index (Phi) is 5.21. The van der Waals surface area contributed by atoms with Gasteiger partial charge in [0.05, 0.1) is 26.5 Å². The molecule has 0 saturated heterocycles. The average molecular weight is 275 g/mol. The maximum Gasteiger partial charge on any atom is 0.124 e. The zero-order valence-corrected chi connectivity index (χ0v) is 12.3. The van der Waals surface area contributed by atoms with E-state index in [1.165, 1.54) is 5.56 Å². The van der Waals surface area contributed by atoms with Crippen molar-refractivity contribution in [1.29, 1.82) is 0 Å². The van der Waals surface area contributed by atoms with Crippen molar-refractivity contribution < 1.29 is 13.9 Å². The molecule has 2 rings (SSSR count). The Morgan fingerprint density at radius 2 is 2.00 bits per heavy atom. The third-order valence-corrected chi connectivity index (χ3v) is 3.10. The second-order valence-corrected chi connectivity index (χ2v) is 4.83. The van der Waals surface area contributed by atoms with E-state index in [0.29, 0.717) is 6.61 Å². The number of benzene rings is 1. The van der Waals surface area contributed by atoms with Gasteiger partial charge in [-0.05, 0) is 36.9 Å². The SMILES string of the molecule is COCc1cc(CN(C)Cc2ccco2)ccc1OC. The van der Waals surface area contributed by atoms with Crippen LogP contribution in [0.15, 0.2) is 41.0 Å². The van der Waals surface area contributed by atoms with Gasteiger partial charge in [0.1, 0.15) is 11.5 Å². The first kappa shape index (κ1) is 14.6. The molecule has 1 heterocycles. The van der Waals surface area contributed by atoms with Gasteiger partial charge in [0.25, 0.3) is 0 Å². The molecule has 0 aliphatic carbocycles. The average Bonchev–Trinajstić information content (AvgIpc) is 2.92. The summed E-state index contributed by atoms with van der Waals surface area (Å²) in [5.41, 5.74) is 2.30. The summed E-state index contributed by atoms with van der Waals surface area (Å²) in [5.74, 6) is 1.84. The molecule has 0 aliphatic heterocycles. The van der Waals surface area contributed by atoms with E-state index < -0.39 is 0 Å². The summed E-state index contributed by atoms with van der Waals surface area (Å²) in [6, 6.07) is 10.1. The summed E-state index contributed by atoms with van der Waals surface area (Å²) in [5, 5.41) is 0. The molecule has 4 nitrogen and oxygen atoms in total. The van der Waals surface area contributed by atoms with Crippen LogP contribution in [0.4, 0.5) is 0 Å². The highest BCUT2D eigenvalue weighted by Crippen LogP contribution is 2.21. The lowest BCUT2D eigenvalue weighted by atomic mass is 10.1. The van der Waals surface area contributed by atoms with Gasteiger partial charge < -0.3 is 13.9 Å². The normalized spacial score (nSPS) is 11.0. The molecule has 0 unspecified atom stereocenters. The number of hydrogen-bond donors (Lipinski definition) is 0. The molecule has 0 radical (unpaired) electrons. The minimum Gasteiger partial charge on any atom is -0.496 e. The van der Waals surface area contributed by atoms with E-state index in [9.17, 15) is 0 Å². The Morgan fingerprint density at radius 3 is 2.65 bits per heavy atom. The number of nitrogens with zero attached hydrogens (tertiary/aromatic N) is 1. The molecule has 108 valence electrons. The molecule has 0 aliphatic rings. The van der Waals surface area contributed by atoms with Gasteiger partial charge in [0, 0.05) is 19.2 Å². The van der Waals surface area contributed by atoms with Crippen molar-refractivity contribution in [1.82, 2.24) is 4.90 Å². The zero-order chi connectivity index (χ0) is 14.4. The molecule has 0 amide bonds. The number of rotatable bonds is 7. The van der Waals surface area contributed by atoms with Crippen molar-refractivity contribution in [2.24, 2.45) is 0 Å². The van der Waals surface area contributed by atoms with Crippen molar-refractivity contribution in [3.05, 3.63) is 53.5 Å². The molecular formula is C16H21NO3. The van der Waals surface area contributed by atoms with Crippen molar-refractivity contribution >= 4 is 0 Å². The van der Waals surface area contributed by atoms with E-state index in [1.54, 1.807) is 20.5 Å². The van der Waals surface area contributed by atoms with Crippen molar-refractivity contribution in [3.63, 3.8) is 0 Å². The highest BCUT2D eigenvalue weighted by atomic mass is 16.5. The van der Waals surface area contributed by atoms with Crippen molar-refractivity contribution in [2.45, 2.75) is 19.7 Å². The Hall–Kier alpha value is -1.78. The molecule has 1 aromatic carbocycles. The predicted molar refractivity (Wildman–Crippen MR) is 77.6 cm³/mol. The Bertz CT molecular complexity index is 523. The first-order valence-corrected chi connectivity index (χ1v) is 6.58. The molecule has 20 heavy (non-hydrogen) atoms. The van der Waals surface area contributed by atoms with Crippen LogP contribution in [0.1, 0.15) is 16.9 Å². The highest BCUT2D eigenvalue weighted by molar-refractivity contribution is 5.36. The van der Waals surface area contributed by atoms with E-state index in [4.69, 9.17) is 13.9 Å². The fourth-order valence-electron chi connectivity index (χ4n) is 2.23. The van der Waals surface area contributed by atoms with Crippen LogP contribution in [0.2, 0.25) is 0 Å². The van der Waals surface area contributed by atoms with Crippen LogP contribution < -0.4 is 4.74 Å². The van der Waals surface area contributed by atoms with Gasteiger partial charge in [-0.1, -0.05) is 6.07 Å². The van der Waals surface area contributed by atoms with Crippen LogP contribution in [0, 0.1) is 0 Å². The predicted octanol–water partition coefficient (Wildman–Crippen LogP) is 3.07. The van der Waals surface area contributed by atoms with Gasteiger partial charge in [-0.2, -0.15) is 0 Å². The van der Waals surface area contributed by atoms with Gasteiger partial charge in [-0.15, -0.1) is 0 Å². The molecule has 0 saturated carbocycles. The van der Waals surface area contributed by atoms with E-state index in [0.717, 1.165) is 30.2 Å². The first-order valence-electron chi connectivity index (χ1n) is 6.58. The van der Waals surface area contributed by atoms with Crippen LogP contribution in [-0.4, -0.2) is 26.2 Å². The monoisotopic (exact) mass is 275 g/mol. The second-order valence-electron chi connectivity index (χ2n) is 4.83. The smallest absolute Gasteiger partial charge is 0.124 e. The minimum atomic E-state index is 0.554. The molecule has 0 N–H and O–H groups in total. The largest absolute Gasteiger partial charge is 0.496 e. The van der Waals surface area contributed by atoms with Crippen LogP contribution in [-0.2, 0) is 24.4 Å². The quantitative estimate of drug-likeness (QED) is 0.778. The number of ether oxygens (including phenoxy) is 2. The van der Waals surface area contributed by atoms with Crippen LogP contribution in [0.25, 0.3) is 0 Å². The molecule has 1 aromatic heterocycles. The minimum absolute atomic E-state index is 0.554. The molecular weight excluding hydrogens is 254 g/mol. The van der Waals surface area contributed by atoms with Gasteiger partial charge in [-0.25, -0.2) is 0 Å². The van der Waals surface area contributed by atoms with Crippen molar-refractivity contribution in [2.75, 3.05) is 21.3 Å². The summed E-state index contributed by atoms with van der Waals surface area (Å²) in [6.07, 6.45) is 1.70. The van der Waals surface area contributed by atoms with Crippen molar-refractivity contribution in [3.8, 4) is 5.75 Å². The van der Waals surface area contributed by atoms with Crippen LogP contribution in [0.3, 0.4) is 0 Å². The summed E-state index contributed by atoms with van der Waals surface area (Å²) in [4.78, 5) is 2.21. The topological polar surface area (TPSA) is 34.8 Å². The summed E-state index contributed by atoms with van der Waals surface area (Å²) >= 11 is 0. The highest BCUT2D eigenvalue weighted by Gasteiger charge is 2.07. The number of furan rings is 1. The van der Waals surface area contributed by atoms with Gasteiger partial charge in [0.15, 0.2) is 0 Å². The second kappa shape index (κ2) is 7.12. The molecule has 0 atom stereocenters. The van der Waals surface area contributed by atoms with E-state index in [1.807, 2.05) is 18.2 Å². The molecule has 2 aromatic rings. The van der Waals surface area contributed by atoms with E-state index in [2.05, 4.69) is 24.1 Å². The molecule has 0 fully saturated rings. The first-order chi connectivity index (χ1) is 9.72. The Balaban J connectivity index is 2.03. The van der Waals surface area contributed by atoms with Gasteiger partial charge >= 0.3 is 0 Å². The fraction of sp³-hybridized carbons (Fsp3) is 0.375. The number of hydrogen-bond acceptors (Lipinski definition) is 4. The van der Waals surface area contributed by atoms with E-state index in [-0.39, 0.29) is 0 Å². The molecule has 4 heteroatoms. The van der Waals surface area contributed by atoms with Gasteiger partial charge in [0.2, 0.25) is 0 Å². The summed E-state index contributed by atoms with van der Waals surface area (Å²) in [6.45, 7) is 2.19. The number of methoxy groups -OCH3 is 2. The maximum absolute atomic E-state index is 5.36. The molecule has 0 bridgehead atoms. The van der Waals surface area contributed by atoms with Crippen LogP contribution in [0.5, 0.6) is 5.75 Å². The Morgan fingerprint density at radius 1 is 1.15 bits per heavy atom. The maximum atomic E-state index is 5.36. The fourth-order valence-corrected chi connectivity index (χ4v) is 2.23. The third-order valence-electron chi connectivity index (χ3n) is 3.10. The lowest BCUT2D eigenvalue weighted by Crippen LogP contribution is -2.17. The van der Waals surface area contributed by atoms with E-state index >= 15 is 0 Å². The van der Waals surface area contributed by atoms with Gasteiger partial charge in [-0.3, -0.25) is 4.90 Å². The zero-order valence-electron chi connectivity index (χ0n) is 12.3. The van der Waals surface area contributed by atoms with Crippen LogP contribution >= 0.6 is 0 Å². The lowest BCUT2D eigenvalue weighted by Gasteiger charge is -2.17.